The maximum absolute atomic E-state index is 11.1. The molecule has 0 fully saturated rings. The molecule has 2 nitrogen and oxygen atoms in total. The van der Waals surface area contributed by atoms with Gasteiger partial charge in [-0.15, -0.1) is 0 Å². The van der Waals surface area contributed by atoms with E-state index in [1.165, 1.54) is 0 Å². The van der Waals surface area contributed by atoms with Gasteiger partial charge in [-0.2, -0.15) is 0 Å². The van der Waals surface area contributed by atoms with Crippen LogP contribution in [0.5, 0.6) is 0 Å². The smallest absolute Gasteiger partial charge is 0.223 e. The van der Waals surface area contributed by atoms with E-state index in [0.29, 0.717) is 5.92 Å². The van der Waals surface area contributed by atoms with Crippen LogP contribution in [0, 0.1) is 11.8 Å². The molecule has 0 heterocycles. The lowest BCUT2D eigenvalue weighted by molar-refractivity contribution is -0.125. The van der Waals surface area contributed by atoms with E-state index < -0.39 is 0 Å². The van der Waals surface area contributed by atoms with Gasteiger partial charge in [-0.05, 0) is 12.3 Å². The van der Waals surface area contributed by atoms with Gasteiger partial charge in [0, 0.05) is 13.0 Å². The fourth-order valence-electron chi connectivity index (χ4n) is 1.14. The molecule has 0 rings (SSSR count). The molecule has 1 N–H and O–H groups in total. The van der Waals surface area contributed by atoms with E-state index in [1.54, 1.807) is 7.05 Å². The zero-order chi connectivity index (χ0) is 10.1. The number of carbonyl (C=O) groups is 1. The quantitative estimate of drug-likeness (QED) is 0.698. The second-order valence-corrected chi connectivity index (χ2v) is 2.87. The first-order valence-corrected chi connectivity index (χ1v) is 4.85. The highest BCUT2D eigenvalue weighted by Crippen LogP contribution is 2.13. The average molecular weight is 173 g/mol. The molecule has 1 amide bonds. The number of nitrogens with one attached hydrogen (secondary N) is 1. The van der Waals surface area contributed by atoms with E-state index in [2.05, 4.69) is 19.2 Å². The molecule has 0 aromatic rings. The van der Waals surface area contributed by atoms with Crippen LogP contribution < -0.4 is 5.32 Å². The predicted molar refractivity (Wildman–Crippen MR) is 54.0 cm³/mol. The highest BCUT2D eigenvalue weighted by atomic mass is 16.1. The summed E-state index contributed by atoms with van der Waals surface area (Å²) in [6, 6.07) is 0. The first kappa shape index (κ1) is 14.0. The summed E-state index contributed by atoms with van der Waals surface area (Å²) in [4.78, 5) is 11.1. The molecule has 0 bridgehead atoms. The summed E-state index contributed by atoms with van der Waals surface area (Å²) in [6.07, 6.45) is 0.928. The lowest BCUT2D eigenvalue weighted by atomic mass is 9.93. The Balaban J connectivity index is 0. The third kappa shape index (κ3) is 5.16. The molecule has 12 heavy (non-hydrogen) atoms. The monoisotopic (exact) mass is 173 g/mol. The molecule has 0 aromatic carbocycles. The van der Waals surface area contributed by atoms with Gasteiger partial charge >= 0.3 is 0 Å². The van der Waals surface area contributed by atoms with Crippen LogP contribution in [-0.2, 0) is 4.79 Å². The third-order valence-electron chi connectivity index (χ3n) is 1.83. The Bertz CT molecular complexity index is 110. The van der Waals surface area contributed by atoms with E-state index in [-0.39, 0.29) is 11.8 Å². The molecule has 0 aromatic heterocycles. The molecule has 0 saturated heterocycles. The Labute approximate surface area is 76.7 Å². The number of rotatable bonds is 3. The molecule has 1 unspecified atom stereocenters. The first-order chi connectivity index (χ1) is 5.63. The lowest BCUT2D eigenvalue weighted by Crippen LogP contribution is -2.30. The van der Waals surface area contributed by atoms with E-state index in [4.69, 9.17) is 0 Å². The SMILES string of the molecule is CC.CCC(C(=O)NC)C(C)C. The molecule has 0 spiro atoms. The second kappa shape index (κ2) is 8.57. The van der Waals surface area contributed by atoms with E-state index >= 15 is 0 Å². The van der Waals surface area contributed by atoms with Gasteiger partial charge in [0.2, 0.25) is 5.91 Å². The van der Waals surface area contributed by atoms with E-state index in [0.717, 1.165) is 6.42 Å². The van der Waals surface area contributed by atoms with Gasteiger partial charge in [0.05, 0.1) is 0 Å². The molecule has 1 atom stereocenters. The highest BCUT2D eigenvalue weighted by molar-refractivity contribution is 5.78. The topological polar surface area (TPSA) is 29.1 Å². The Morgan fingerprint density at radius 2 is 1.75 bits per heavy atom. The molecule has 0 radical (unpaired) electrons. The Kier molecular flexibility index (Phi) is 10.0. The average Bonchev–Trinajstić information content (AvgIpc) is 2.08. The van der Waals surface area contributed by atoms with Crippen molar-refractivity contribution < 1.29 is 4.79 Å². The maximum Gasteiger partial charge on any atom is 0.223 e. The van der Waals surface area contributed by atoms with Gasteiger partial charge in [-0.25, -0.2) is 0 Å². The van der Waals surface area contributed by atoms with Gasteiger partial charge < -0.3 is 5.32 Å². The molecular weight excluding hydrogens is 150 g/mol. The highest BCUT2D eigenvalue weighted by Gasteiger charge is 2.17. The van der Waals surface area contributed by atoms with Crippen LogP contribution in [0.1, 0.15) is 41.0 Å². The van der Waals surface area contributed by atoms with Crippen LogP contribution in [0.25, 0.3) is 0 Å². The van der Waals surface area contributed by atoms with Crippen molar-refractivity contribution in [3.8, 4) is 0 Å². The number of hydrogen-bond donors (Lipinski definition) is 1. The minimum Gasteiger partial charge on any atom is -0.359 e. The van der Waals surface area contributed by atoms with Crippen LogP contribution in [0.3, 0.4) is 0 Å². The summed E-state index contributed by atoms with van der Waals surface area (Å²) in [5.74, 6) is 0.799. The third-order valence-corrected chi connectivity index (χ3v) is 1.83. The Morgan fingerprint density at radius 1 is 1.33 bits per heavy atom. The van der Waals surface area contributed by atoms with Crippen molar-refractivity contribution in [3.05, 3.63) is 0 Å². The minimum absolute atomic E-state index is 0.164. The van der Waals surface area contributed by atoms with Crippen LogP contribution in [0.15, 0.2) is 0 Å². The minimum atomic E-state index is 0.164. The van der Waals surface area contributed by atoms with Crippen molar-refractivity contribution in [2.45, 2.75) is 41.0 Å². The van der Waals surface area contributed by atoms with Gasteiger partial charge in [0.1, 0.15) is 0 Å². The number of carbonyl (C=O) groups excluding carboxylic acids is 1. The number of hydrogen-bond acceptors (Lipinski definition) is 1. The fraction of sp³-hybridized carbons (Fsp3) is 0.900. The van der Waals surface area contributed by atoms with Crippen LogP contribution in [0.4, 0.5) is 0 Å². The largest absolute Gasteiger partial charge is 0.359 e. The molecule has 2 heteroatoms. The maximum atomic E-state index is 11.1. The first-order valence-electron chi connectivity index (χ1n) is 4.85. The van der Waals surface area contributed by atoms with Gasteiger partial charge in [-0.3, -0.25) is 4.79 Å². The molecule has 0 aliphatic heterocycles. The molecular formula is C10H23NO. The van der Waals surface area contributed by atoms with Gasteiger partial charge in [-0.1, -0.05) is 34.6 Å². The normalized spacial score (nSPS) is 11.6. The summed E-state index contributed by atoms with van der Waals surface area (Å²) in [5.41, 5.74) is 0. The molecule has 0 aliphatic carbocycles. The number of amides is 1. The van der Waals surface area contributed by atoms with E-state index in [1.807, 2.05) is 20.8 Å². The van der Waals surface area contributed by atoms with Crippen LogP contribution in [0.2, 0.25) is 0 Å². The fourth-order valence-corrected chi connectivity index (χ4v) is 1.14. The zero-order valence-electron chi connectivity index (χ0n) is 9.27. The summed E-state index contributed by atoms with van der Waals surface area (Å²) >= 11 is 0. The van der Waals surface area contributed by atoms with Crippen molar-refractivity contribution >= 4 is 5.91 Å². The summed E-state index contributed by atoms with van der Waals surface area (Å²) in [5, 5.41) is 2.66. The molecule has 74 valence electrons. The van der Waals surface area contributed by atoms with Gasteiger partial charge in [0.15, 0.2) is 0 Å². The summed E-state index contributed by atoms with van der Waals surface area (Å²) in [7, 11) is 1.69. The standard InChI is InChI=1S/C8H17NO.C2H6/c1-5-7(6(2)3)8(10)9-4;1-2/h6-7H,5H2,1-4H3,(H,9,10);1-2H3. The Hall–Kier alpha value is -0.530. The molecule has 0 saturated carbocycles. The van der Waals surface area contributed by atoms with Crippen molar-refractivity contribution in [2.75, 3.05) is 7.05 Å². The zero-order valence-corrected chi connectivity index (χ0v) is 9.27. The van der Waals surface area contributed by atoms with E-state index in [9.17, 15) is 4.79 Å². The summed E-state index contributed by atoms with van der Waals surface area (Å²) in [6.45, 7) is 10.2. The van der Waals surface area contributed by atoms with Crippen molar-refractivity contribution in [1.82, 2.24) is 5.32 Å². The summed E-state index contributed by atoms with van der Waals surface area (Å²) < 4.78 is 0. The van der Waals surface area contributed by atoms with Crippen molar-refractivity contribution in [1.29, 1.82) is 0 Å². The Morgan fingerprint density at radius 3 is 1.83 bits per heavy atom. The predicted octanol–water partition coefficient (Wildman–Crippen LogP) is 2.44. The second-order valence-electron chi connectivity index (χ2n) is 2.87. The van der Waals surface area contributed by atoms with Crippen LogP contribution in [-0.4, -0.2) is 13.0 Å². The van der Waals surface area contributed by atoms with Crippen LogP contribution >= 0.6 is 0 Å². The van der Waals surface area contributed by atoms with Gasteiger partial charge in [0.25, 0.3) is 0 Å². The molecule has 0 aliphatic rings. The lowest BCUT2D eigenvalue weighted by Gasteiger charge is -2.16. The van der Waals surface area contributed by atoms with Crippen molar-refractivity contribution in [3.63, 3.8) is 0 Å². The van der Waals surface area contributed by atoms with Crippen molar-refractivity contribution in [2.24, 2.45) is 11.8 Å².